The van der Waals surface area contributed by atoms with Gasteiger partial charge in [0.15, 0.2) is 9.84 Å². The summed E-state index contributed by atoms with van der Waals surface area (Å²) in [6.07, 6.45) is 3.81. The molecule has 0 aliphatic carbocycles. The van der Waals surface area contributed by atoms with Crippen molar-refractivity contribution in [3.05, 3.63) is 17.5 Å². The molecule has 8 nitrogen and oxygen atoms in total. The molecule has 25 heavy (non-hydrogen) atoms. The summed E-state index contributed by atoms with van der Waals surface area (Å²) in [5, 5.41) is -0.706. The number of nitrogens with zero attached hydrogens (tertiary/aromatic N) is 4. The van der Waals surface area contributed by atoms with Crippen molar-refractivity contribution in [2.45, 2.75) is 36.7 Å². The lowest BCUT2D eigenvalue weighted by molar-refractivity contribution is 0.473. The van der Waals surface area contributed by atoms with E-state index in [9.17, 15) is 16.8 Å². The summed E-state index contributed by atoms with van der Waals surface area (Å²) in [5.41, 5.74) is 1.32. The summed E-state index contributed by atoms with van der Waals surface area (Å²) in [7, 11) is -6.83. The van der Waals surface area contributed by atoms with Crippen LogP contribution >= 0.6 is 0 Å². The van der Waals surface area contributed by atoms with E-state index < -0.39 is 31.0 Å². The van der Waals surface area contributed by atoms with Gasteiger partial charge >= 0.3 is 0 Å². The van der Waals surface area contributed by atoms with E-state index in [1.54, 1.807) is 13.1 Å². The number of anilines is 1. The van der Waals surface area contributed by atoms with Crippen LogP contribution in [-0.2, 0) is 25.6 Å². The van der Waals surface area contributed by atoms with Gasteiger partial charge in [-0.25, -0.2) is 26.8 Å². The SMILES string of the molecule is CCS(=O)(=O)N1C[C@H]2c3nc(N4CCCC4)ncc3CS(=O)(=O)[C@H]2C1. The van der Waals surface area contributed by atoms with Gasteiger partial charge < -0.3 is 4.90 Å². The van der Waals surface area contributed by atoms with Crippen molar-refractivity contribution in [2.75, 3.05) is 36.8 Å². The molecule has 4 rings (SSSR count). The summed E-state index contributed by atoms with van der Waals surface area (Å²) in [6.45, 7) is 3.60. The van der Waals surface area contributed by atoms with Gasteiger partial charge in [0.2, 0.25) is 16.0 Å². The van der Waals surface area contributed by atoms with E-state index in [4.69, 9.17) is 0 Å². The number of sulfone groups is 1. The third-order valence-electron chi connectivity index (χ3n) is 5.43. The number of sulfonamides is 1. The van der Waals surface area contributed by atoms with E-state index in [2.05, 4.69) is 14.9 Å². The summed E-state index contributed by atoms with van der Waals surface area (Å²) >= 11 is 0. The molecule has 0 radical (unpaired) electrons. The third-order valence-corrected chi connectivity index (χ3v) is 9.36. The van der Waals surface area contributed by atoms with E-state index >= 15 is 0 Å². The fourth-order valence-corrected chi connectivity index (χ4v) is 7.24. The lowest BCUT2D eigenvalue weighted by Gasteiger charge is -2.27. The van der Waals surface area contributed by atoms with Crippen molar-refractivity contribution in [1.82, 2.24) is 14.3 Å². The topological polar surface area (TPSA) is 101 Å². The van der Waals surface area contributed by atoms with E-state index in [-0.39, 0.29) is 24.6 Å². The van der Waals surface area contributed by atoms with Gasteiger partial charge in [-0.2, -0.15) is 4.31 Å². The van der Waals surface area contributed by atoms with E-state index in [1.165, 1.54) is 4.31 Å². The molecular formula is C15H22N4O4S2. The fourth-order valence-electron chi connectivity index (χ4n) is 4.01. The molecule has 0 unspecified atom stereocenters. The Morgan fingerprint density at radius 3 is 2.64 bits per heavy atom. The van der Waals surface area contributed by atoms with Crippen molar-refractivity contribution in [3.63, 3.8) is 0 Å². The molecule has 0 spiro atoms. The van der Waals surface area contributed by atoms with Crippen molar-refractivity contribution < 1.29 is 16.8 Å². The smallest absolute Gasteiger partial charge is 0.225 e. The normalized spacial score (nSPS) is 28.8. The number of aromatic nitrogens is 2. The molecule has 3 aliphatic heterocycles. The molecule has 10 heteroatoms. The second-order valence-electron chi connectivity index (χ2n) is 6.94. The van der Waals surface area contributed by atoms with Crippen molar-refractivity contribution >= 4 is 25.8 Å². The Labute approximate surface area is 148 Å². The number of rotatable bonds is 3. The zero-order valence-electron chi connectivity index (χ0n) is 14.1. The van der Waals surface area contributed by atoms with Crippen LogP contribution in [0.2, 0.25) is 0 Å². The maximum absolute atomic E-state index is 12.6. The summed E-state index contributed by atoms with van der Waals surface area (Å²) in [6, 6.07) is 0. The monoisotopic (exact) mass is 386 g/mol. The maximum atomic E-state index is 12.6. The van der Waals surface area contributed by atoms with Gasteiger partial charge in [0.25, 0.3) is 0 Å². The quantitative estimate of drug-likeness (QED) is 0.727. The van der Waals surface area contributed by atoms with Crippen LogP contribution in [0.15, 0.2) is 6.20 Å². The Morgan fingerprint density at radius 2 is 1.96 bits per heavy atom. The zero-order valence-corrected chi connectivity index (χ0v) is 15.8. The molecule has 3 aliphatic rings. The number of hydrogen-bond donors (Lipinski definition) is 0. The van der Waals surface area contributed by atoms with E-state index in [0.29, 0.717) is 17.2 Å². The second-order valence-corrected chi connectivity index (χ2v) is 11.4. The molecule has 0 aromatic carbocycles. The zero-order chi connectivity index (χ0) is 17.8. The van der Waals surface area contributed by atoms with Crippen LogP contribution in [0.4, 0.5) is 5.95 Å². The van der Waals surface area contributed by atoms with Gasteiger partial charge in [-0.1, -0.05) is 0 Å². The Balaban J connectivity index is 1.74. The minimum Gasteiger partial charge on any atom is -0.341 e. The molecule has 2 atom stereocenters. The molecule has 0 amide bonds. The van der Waals surface area contributed by atoms with Crippen LogP contribution in [0, 0.1) is 0 Å². The number of hydrogen-bond acceptors (Lipinski definition) is 7. The summed E-state index contributed by atoms with van der Waals surface area (Å²) in [4.78, 5) is 11.1. The highest BCUT2D eigenvalue weighted by Gasteiger charge is 2.49. The molecule has 0 N–H and O–H groups in total. The van der Waals surface area contributed by atoms with Gasteiger partial charge in [0.1, 0.15) is 0 Å². The molecular weight excluding hydrogens is 364 g/mol. The summed E-state index contributed by atoms with van der Waals surface area (Å²) in [5.74, 6) is 0.0943. The molecule has 2 saturated heterocycles. The van der Waals surface area contributed by atoms with Gasteiger partial charge in [0, 0.05) is 43.9 Å². The van der Waals surface area contributed by atoms with Crippen LogP contribution < -0.4 is 4.90 Å². The average Bonchev–Trinajstić information content (AvgIpc) is 3.25. The predicted molar refractivity (Wildman–Crippen MR) is 93.7 cm³/mol. The molecule has 1 aromatic rings. The van der Waals surface area contributed by atoms with Crippen LogP contribution in [0.3, 0.4) is 0 Å². The van der Waals surface area contributed by atoms with Crippen molar-refractivity contribution in [2.24, 2.45) is 0 Å². The van der Waals surface area contributed by atoms with Crippen LogP contribution in [0.25, 0.3) is 0 Å². The lowest BCUT2D eigenvalue weighted by Crippen LogP contribution is -2.36. The largest absolute Gasteiger partial charge is 0.341 e. The Bertz CT molecular complexity index is 894. The minimum absolute atomic E-state index is 0.0256. The summed E-state index contributed by atoms with van der Waals surface area (Å²) < 4.78 is 51.1. The molecule has 4 heterocycles. The molecule has 0 saturated carbocycles. The Hall–Kier alpha value is -1.26. The van der Waals surface area contributed by atoms with Crippen LogP contribution in [0.1, 0.15) is 36.9 Å². The van der Waals surface area contributed by atoms with E-state index in [1.807, 2.05) is 0 Å². The van der Waals surface area contributed by atoms with Gasteiger partial charge in [0.05, 0.1) is 22.4 Å². The highest BCUT2D eigenvalue weighted by molar-refractivity contribution is 7.91. The Morgan fingerprint density at radius 1 is 1.24 bits per heavy atom. The van der Waals surface area contributed by atoms with Crippen molar-refractivity contribution in [1.29, 1.82) is 0 Å². The highest BCUT2D eigenvalue weighted by atomic mass is 32.2. The Kier molecular flexibility index (Phi) is 4.04. The first kappa shape index (κ1) is 17.2. The first-order valence-electron chi connectivity index (χ1n) is 8.62. The average molecular weight is 386 g/mol. The molecule has 1 aromatic heterocycles. The third kappa shape index (κ3) is 2.83. The van der Waals surface area contributed by atoms with Crippen molar-refractivity contribution in [3.8, 4) is 0 Å². The minimum atomic E-state index is -3.42. The van der Waals surface area contributed by atoms with Crippen LogP contribution in [-0.4, -0.2) is 68.3 Å². The van der Waals surface area contributed by atoms with Gasteiger partial charge in [-0.05, 0) is 19.8 Å². The first-order chi connectivity index (χ1) is 11.8. The first-order valence-corrected chi connectivity index (χ1v) is 11.9. The molecule has 138 valence electrons. The van der Waals surface area contributed by atoms with E-state index in [0.717, 1.165) is 25.9 Å². The second kappa shape index (κ2) is 5.88. The molecule has 2 fully saturated rings. The number of fused-ring (bicyclic) bond motifs is 3. The van der Waals surface area contributed by atoms with Gasteiger partial charge in [-0.15, -0.1) is 0 Å². The predicted octanol–water partition coefficient (Wildman–Crippen LogP) is 0.123. The van der Waals surface area contributed by atoms with Gasteiger partial charge in [-0.3, -0.25) is 0 Å². The highest BCUT2D eigenvalue weighted by Crippen LogP contribution is 2.40. The van der Waals surface area contributed by atoms with Crippen LogP contribution in [0.5, 0.6) is 0 Å². The molecule has 0 bridgehead atoms. The maximum Gasteiger partial charge on any atom is 0.225 e. The lowest BCUT2D eigenvalue weighted by atomic mass is 10.00. The standard InChI is InChI=1S/C15H22N4O4S2/c1-2-25(22,23)19-8-12-13(9-19)24(20,21)10-11-7-16-15(17-14(11)12)18-5-3-4-6-18/h7,12-13H,2-6,8-10H2,1H3/t12-,13+/m1/s1. The fraction of sp³-hybridized carbons (Fsp3) is 0.733.